The lowest BCUT2D eigenvalue weighted by atomic mass is 9.49. The van der Waals surface area contributed by atoms with Crippen LogP contribution in [0.5, 0.6) is 11.5 Å². The van der Waals surface area contributed by atoms with E-state index in [9.17, 15) is 38.0 Å². The highest BCUT2D eigenvalue weighted by atomic mass is 35.5. The Morgan fingerprint density at radius 3 is 2.12 bits per heavy atom. The fraction of sp³-hybridized carbons (Fsp3) is 0.407. The predicted molar refractivity (Wildman–Crippen MR) is 277 cm³/mol. The van der Waals surface area contributed by atoms with Gasteiger partial charge in [-0.2, -0.15) is 5.26 Å². The molecule has 2 heterocycles. The Hall–Kier alpha value is -6.32. The van der Waals surface area contributed by atoms with Crippen molar-refractivity contribution in [1.29, 1.82) is 5.26 Å². The molecule has 1 aromatic heterocycles. The van der Waals surface area contributed by atoms with E-state index >= 15 is 0 Å². The highest BCUT2D eigenvalue weighted by Gasteiger charge is 2.64. The molecule has 15 nitrogen and oxygen atoms in total. The Kier molecular flexibility index (Phi) is 15.9. The monoisotopic (exact) mass is 1040 g/mol. The largest absolute Gasteiger partial charge is 0.493 e. The number of sulfone groups is 1. The number of nitrogens with zero attached hydrogens (tertiary/aromatic N) is 3. The van der Waals surface area contributed by atoms with Crippen LogP contribution in [-0.2, 0) is 30.8 Å². The maximum atomic E-state index is 14.1. The first kappa shape index (κ1) is 53.5. The zero-order valence-electron chi connectivity index (χ0n) is 41.6. The van der Waals surface area contributed by atoms with E-state index in [-0.39, 0.29) is 44.2 Å². The molecular formula is C54H61ClN6O9S2. The fourth-order valence-corrected chi connectivity index (χ4v) is 11.9. The first-order valence-corrected chi connectivity index (χ1v) is 26.7. The lowest BCUT2D eigenvalue weighted by Crippen LogP contribution is -2.74. The van der Waals surface area contributed by atoms with Crippen molar-refractivity contribution in [1.82, 2.24) is 25.8 Å². The number of nitriles is 1. The molecule has 1 saturated carbocycles. The van der Waals surface area contributed by atoms with E-state index in [1.807, 2.05) is 89.2 Å². The molecule has 2 fully saturated rings. The number of aliphatic hydroxyl groups is 1. The third-order valence-corrected chi connectivity index (χ3v) is 16.3. The van der Waals surface area contributed by atoms with Crippen LogP contribution >= 0.6 is 22.9 Å². The summed E-state index contributed by atoms with van der Waals surface area (Å²) in [5, 5.41) is 28.8. The van der Waals surface area contributed by atoms with Gasteiger partial charge in [-0.3, -0.25) is 19.2 Å². The highest BCUT2D eigenvalue weighted by molar-refractivity contribution is 7.92. The van der Waals surface area contributed by atoms with Gasteiger partial charge in [0.05, 0.1) is 38.5 Å². The van der Waals surface area contributed by atoms with Gasteiger partial charge >= 0.3 is 0 Å². The number of amides is 4. The Labute approximate surface area is 430 Å². The smallest absolute Gasteiger partial charge is 0.251 e. The zero-order valence-corrected chi connectivity index (χ0v) is 44.0. The summed E-state index contributed by atoms with van der Waals surface area (Å²) >= 11 is 7.79. The molecule has 4 aromatic carbocycles. The Morgan fingerprint density at radius 1 is 0.931 bits per heavy atom. The molecule has 0 radical (unpaired) electrons. The van der Waals surface area contributed by atoms with Crippen LogP contribution in [0.2, 0.25) is 5.02 Å². The van der Waals surface area contributed by atoms with E-state index in [0.717, 1.165) is 32.8 Å². The van der Waals surface area contributed by atoms with Gasteiger partial charge in [0, 0.05) is 48.0 Å². The summed E-state index contributed by atoms with van der Waals surface area (Å²) < 4.78 is 38.4. The first-order chi connectivity index (χ1) is 33.9. The molecule has 380 valence electrons. The van der Waals surface area contributed by atoms with Crippen molar-refractivity contribution >= 4 is 56.4 Å². The summed E-state index contributed by atoms with van der Waals surface area (Å²) in [5.74, 6) is -2.56. The molecule has 7 rings (SSSR count). The number of β-amino-alcohol motifs (C(OH)–C–C–N with tert-alkyl or cyclic N) is 1. The maximum Gasteiger partial charge on any atom is 0.251 e. The Balaban J connectivity index is 0.872. The minimum Gasteiger partial charge on any atom is -0.493 e. The van der Waals surface area contributed by atoms with E-state index in [1.54, 1.807) is 80.1 Å². The molecule has 5 aromatic rings. The van der Waals surface area contributed by atoms with Crippen LogP contribution in [0.1, 0.15) is 82.1 Å². The minimum atomic E-state index is -3.99. The molecule has 3 atom stereocenters. The number of aryl methyl sites for hydroxylation is 1. The van der Waals surface area contributed by atoms with E-state index in [4.69, 9.17) is 21.1 Å². The number of aromatic nitrogens is 1. The van der Waals surface area contributed by atoms with Crippen molar-refractivity contribution in [2.75, 3.05) is 24.7 Å². The molecule has 1 aliphatic heterocycles. The molecule has 4 amide bonds. The topological polar surface area (TPSA) is 217 Å². The Bertz CT molecular complexity index is 2950. The van der Waals surface area contributed by atoms with E-state index in [1.165, 1.54) is 4.90 Å². The summed E-state index contributed by atoms with van der Waals surface area (Å²) in [6.07, 6.45) is -1.20. The number of hydrogen-bond donors (Lipinski definition) is 4. The van der Waals surface area contributed by atoms with Gasteiger partial charge in [0.2, 0.25) is 17.7 Å². The van der Waals surface area contributed by atoms with Crippen molar-refractivity contribution in [3.63, 3.8) is 0 Å². The molecule has 18 heteroatoms. The van der Waals surface area contributed by atoms with Crippen molar-refractivity contribution < 1.29 is 42.2 Å². The summed E-state index contributed by atoms with van der Waals surface area (Å²) in [6, 6.07) is 26.6. The average Bonchev–Trinajstić information content (AvgIpc) is 3.95. The molecule has 1 unspecified atom stereocenters. The lowest BCUT2D eigenvalue weighted by Gasteiger charge is -2.63. The highest BCUT2D eigenvalue weighted by Crippen LogP contribution is 2.55. The number of halogens is 1. The predicted octanol–water partition coefficient (Wildman–Crippen LogP) is 7.53. The van der Waals surface area contributed by atoms with Gasteiger partial charge in [-0.05, 0) is 71.0 Å². The third-order valence-electron chi connectivity index (χ3n) is 13.5. The van der Waals surface area contributed by atoms with Crippen LogP contribution in [0, 0.1) is 34.5 Å². The summed E-state index contributed by atoms with van der Waals surface area (Å²) in [5.41, 5.74) is 5.38. The minimum absolute atomic E-state index is 0.00854. The van der Waals surface area contributed by atoms with Crippen LogP contribution in [0.15, 0.2) is 96.5 Å². The number of rotatable bonds is 17. The summed E-state index contributed by atoms with van der Waals surface area (Å²) in [7, 11) is -3.99. The zero-order chi connectivity index (χ0) is 52.3. The van der Waals surface area contributed by atoms with Crippen LogP contribution in [0.3, 0.4) is 0 Å². The van der Waals surface area contributed by atoms with Gasteiger partial charge in [-0.25, -0.2) is 13.4 Å². The number of carbonyl (C=O) groups excluding carboxylic acids is 4. The third kappa shape index (κ3) is 12.1. The number of thiazole rings is 1. The second-order valence-corrected chi connectivity index (χ2v) is 24.2. The number of carbonyl (C=O) groups is 4. The summed E-state index contributed by atoms with van der Waals surface area (Å²) in [6.45, 7) is 15.1. The molecule has 0 spiro atoms. The standard InChI is InChI=1S/C54H61ClN6O9S2/c1-32-45(71-31-58-32)36-11-9-33(10-12-36)28-57-48(65)43-25-39(62)29-61(43)49(66)46(52(2,3)4)59-44(63)30-72(67,68)24-23-69-40-20-17-35(18-21-40)34-13-15-37(16-14-34)47(64)60-50-53(5,6)51(54(50,7)8)70-41-22-19-38(27-56)42(55)26-41/h9-22,26,31,39,43,46,50-51,62H,23-25,28-30H2,1-8H3,(H,57,65)(H,59,63)(H,60,64)/t39-,43+,46?,50?,51?/m1/s1. The molecule has 1 aliphatic carbocycles. The van der Waals surface area contributed by atoms with Gasteiger partial charge in [-0.1, -0.05) is 109 Å². The number of hydrogen-bond acceptors (Lipinski definition) is 12. The lowest BCUT2D eigenvalue weighted by molar-refractivity contribution is -0.164. The van der Waals surface area contributed by atoms with Gasteiger partial charge in [-0.15, -0.1) is 11.3 Å². The molecule has 0 bridgehead atoms. The van der Waals surface area contributed by atoms with E-state index in [2.05, 4.69) is 20.9 Å². The van der Waals surface area contributed by atoms with Gasteiger partial charge in [0.1, 0.15) is 48.1 Å². The molecule has 4 N–H and O–H groups in total. The molecule has 2 aliphatic rings. The molecule has 72 heavy (non-hydrogen) atoms. The van der Waals surface area contributed by atoms with Crippen LogP contribution < -0.4 is 25.4 Å². The van der Waals surface area contributed by atoms with Crippen molar-refractivity contribution in [2.45, 2.75) is 98.7 Å². The van der Waals surface area contributed by atoms with Crippen molar-refractivity contribution in [2.24, 2.45) is 16.2 Å². The quantitative estimate of drug-likeness (QED) is 0.0714. The van der Waals surface area contributed by atoms with Crippen LogP contribution in [-0.4, -0.2) is 102 Å². The van der Waals surface area contributed by atoms with Gasteiger partial charge < -0.3 is 35.4 Å². The van der Waals surface area contributed by atoms with Crippen molar-refractivity contribution in [3.05, 3.63) is 124 Å². The fourth-order valence-electron chi connectivity index (χ4n) is 9.91. The Morgan fingerprint density at radius 2 is 1.54 bits per heavy atom. The van der Waals surface area contributed by atoms with Crippen LogP contribution in [0.4, 0.5) is 0 Å². The second kappa shape index (κ2) is 21.4. The van der Waals surface area contributed by atoms with Gasteiger partial charge in [0.15, 0.2) is 9.84 Å². The number of nitrogens with one attached hydrogen (secondary N) is 3. The number of ether oxygens (including phenoxy) is 2. The maximum absolute atomic E-state index is 14.1. The SMILES string of the molecule is Cc1ncsc1-c1ccc(CNC(=O)[C@@H]2C[C@@H](O)CN2C(=O)C(NC(=O)CS(=O)(=O)CCOc2ccc(-c3ccc(C(=O)NC4C(C)(C)C(Oc5ccc(C#N)c(Cl)c5)C4(C)C)cc3)cc2)C(C)(C)C)cc1. The van der Waals surface area contributed by atoms with Gasteiger partial charge in [0.25, 0.3) is 5.91 Å². The van der Waals surface area contributed by atoms with Crippen LogP contribution in [0.25, 0.3) is 21.6 Å². The normalized spacial score (nSPS) is 19.5. The average molecular weight is 1040 g/mol. The number of likely N-dealkylation sites (tertiary alicyclic amines) is 1. The second-order valence-electron chi connectivity index (χ2n) is 20.8. The number of benzene rings is 4. The molecular weight excluding hydrogens is 976 g/mol. The first-order valence-electron chi connectivity index (χ1n) is 23.6. The van der Waals surface area contributed by atoms with E-state index in [0.29, 0.717) is 27.6 Å². The molecule has 1 saturated heterocycles. The number of aliphatic hydroxyl groups excluding tert-OH is 1. The summed E-state index contributed by atoms with van der Waals surface area (Å²) in [4.78, 5) is 61.0. The van der Waals surface area contributed by atoms with E-state index < -0.39 is 73.5 Å². The van der Waals surface area contributed by atoms with Crippen molar-refractivity contribution in [3.8, 4) is 39.1 Å².